The molecule has 0 bridgehead atoms. The molecule has 0 aliphatic carbocycles. The molecule has 0 saturated heterocycles. The van der Waals surface area contributed by atoms with E-state index in [9.17, 15) is 28.8 Å². The summed E-state index contributed by atoms with van der Waals surface area (Å²) in [6.07, 6.45) is 0. The van der Waals surface area contributed by atoms with Crippen molar-refractivity contribution < 1.29 is 28.3 Å². The van der Waals surface area contributed by atoms with Crippen LogP contribution in [0, 0.1) is 10.1 Å². The SMILES string of the molecule is O=C(Nc1cc([N+](=O)[O-])ccc1O)c1cc(-c2ccc(OC(F)F)cc2)n[nH]1. The summed E-state index contributed by atoms with van der Waals surface area (Å²) in [6, 6.07) is 10.2. The fraction of sp³-hybridized carbons (Fsp3) is 0.0588. The number of hydrogen-bond donors (Lipinski definition) is 3. The lowest BCUT2D eigenvalue weighted by molar-refractivity contribution is -0.384. The van der Waals surface area contributed by atoms with Crippen LogP contribution in [0.5, 0.6) is 11.5 Å². The number of anilines is 1. The smallest absolute Gasteiger partial charge is 0.387 e. The molecule has 3 rings (SSSR count). The molecule has 0 aliphatic rings. The highest BCUT2D eigenvalue weighted by atomic mass is 19.3. The topological polar surface area (TPSA) is 130 Å². The maximum atomic E-state index is 12.3. The number of alkyl halides is 2. The molecule has 11 heteroatoms. The number of non-ortho nitro benzene ring substituents is 1. The molecule has 0 radical (unpaired) electrons. The van der Waals surface area contributed by atoms with Gasteiger partial charge in [0.05, 0.1) is 16.3 Å². The van der Waals surface area contributed by atoms with Crippen molar-refractivity contribution in [2.75, 3.05) is 5.32 Å². The lowest BCUT2D eigenvalue weighted by Gasteiger charge is -2.05. The van der Waals surface area contributed by atoms with Crippen molar-refractivity contribution in [3.05, 3.63) is 64.3 Å². The van der Waals surface area contributed by atoms with E-state index in [1.54, 1.807) is 0 Å². The second-order valence-corrected chi connectivity index (χ2v) is 5.48. The van der Waals surface area contributed by atoms with Gasteiger partial charge in [-0.25, -0.2) is 0 Å². The van der Waals surface area contributed by atoms with E-state index in [0.29, 0.717) is 11.3 Å². The Bertz CT molecular complexity index is 1020. The number of benzene rings is 2. The van der Waals surface area contributed by atoms with Gasteiger partial charge in [0.15, 0.2) is 0 Å². The number of nitro groups is 1. The molecule has 0 fully saturated rings. The van der Waals surface area contributed by atoms with Crippen molar-refractivity contribution in [1.82, 2.24) is 10.2 Å². The molecule has 0 saturated carbocycles. The number of nitrogens with one attached hydrogen (secondary N) is 2. The summed E-state index contributed by atoms with van der Waals surface area (Å²) in [5, 5.41) is 29.4. The molecule has 28 heavy (non-hydrogen) atoms. The van der Waals surface area contributed by atoms with E-state index in [4.69, 9.17) is 0 Å². The normalized spacial score (nSPS) is 10.7. The largest absolute Gasteiger partial charge is 0.506 e. The van der Waals surface area contributed by atoms with Gasteiger partial charge in [0.25, 0.3) is 11.6 Å². The summed E-state index contributed by atoms with van der Waals surface area (Å²) >= 11 is 0. The number of H-pyrrole nitrogens is 1. The number of aromatic nitrogens is 2. The number of aromatic amines is 1. The number of ether oxygens (including phenoxy) is 1. The molecule has 3 aromatic rings. The zero-order valence-corrected chi connectivity index (χ0v) is 13.9. The monoisotopic (exact) mass is 390 g/mol. The Kier molecular flexibility index (Phi) is 5.16. The molecule has 2 aromatic carbocycles. The zero-order valence-electron chi connectivity index (χ0n) is 13.9. The average Bonchev–Trinajstić information content (AvgIpc) is 3.13. The van der Waals surface area contributed by atoms with E-state index in [2.05, 4.69) is 20.3 Å². The summed E-state index contributed by atoms with van der Waals surface area (Å²) in [5.41, 5.74) is 0.481. The van der Waals surface area contributed by atoms with Crippen molar-refractivity contribution in [2.24, 2.45) is 0 Å². The van der Waals surface area contributed by atoms with Gasteiger partial charge in [0.1, 0.15) is 17.2 Å². The summed E-state index contributed by atoms with van der Waals surface area (Å²) < 4.78 is 28.6. The molecule has 1 amide bonds. The quantitative estimate of drug-likeness (QED) is 0.335. The third-order valence-electron chi connectivity index (χ3n) is 3.64. The predicted molar refractivity (Wildman–Crippen MR) is 93.4 cm³/mol. The minimum atomic E-state index is -2.93. The first-order valence-electron chi connectivity index (χ1n) is 7.73. The van der Waals surface area contributed by atoms with Crippen LogP contribution in [0.2, 0.25) is 0 Å². The van der Waals surface area contributed by atoms with Crippen LogP contribution < -0.4 is 10.1 Å². The number of nitro benzene ring substituents is 1. The average molecular weight is 390 g/mol. The van der Waals surface area contributed by atoms with Gasteiger partial charge in [-0.2, -0.15) is 13.9 Å². The van der Waals surface area contributed by atoms with Gasteiger partial charge in [0, 0.05) is 17.7 Å². The molecule has 0 spiro atoms. The van der Waals surface area contributed by atoms with Gasteiger partial charge in [0.2, 0.25) is 0 Å². The van der Waals surface area contributed by atoms with Crippen molar-refractivity contribution >= 4 is 17.3 Å². The highest BCUT2D eigenvalue weighted by Gasteiger charge is 2.16. The van der Waals surface area contributed by atoms with Crippen LogP contribution in [0.1, 0.15) is 10.5 Å². The third-order valence-corrected chi connectivity index (χ3v) is 3.64. The number of phenols is 1. The third kappa shape index (κ3) is 4.20. The Labute approximate surface area is 155 Å². The van der Waals surface area contributed by atoms with Crippen LogP contribution in [-0.2, 0) is 0 Å². The second-order valence-electron chi connectivity index (χ2n) is 5.48. The number of phenolic OH excluding ortho intramolecular Hbond substituents is 1. The fourth-order valence-corrected chi connectivity index (χ4v) is 2.32. The Morgan fingerprint density at radius 1 is 1.21 bits per heavy atom. The highest BCUT2D eigenvalue weighted by molar-refractivity contribution is 6.04. The zero-order chi connectivity index (χ0) is 20.3. The van der Waals surface area contributed by atoms with Crippen LogP contribution in [-0.4, -0.2) is 32.7 Å². The predicted octanol–water partition coefficient (Wildman–Crippen LogP) is 3.54. The standard InChI is InChI=1S/C17H12F2N4O5/c18-17(19)28-11-4-1-9(2-5-11)12-8-14(22-21-12)16(25)20-13-7-10(23(26)27)3-6-15(13)24/h1-8,17,24H,(H,20,25)(H,21,22). The number of halogens is 2. The van der Waals surface area contributed by atoms with Crippen molar-refractivity contribution in [3.63, 3.8) is 0 Å². The first kappa shape index (κ1) is 18.8. The van der Waals surface area contributed by atoms with Crippen molar-refractivity contribution in [3.8, 4) is 22.8 Å². The molecular formula is C17H12F2N4O5. The number of carbonyl (C=O) groups excluding carboxylic acids is 1. The molecule has 0 unspecified atom stereocenters. The van der Waals surface area contributed by atoms with Gasteiger partial charge < -0.3 is 15.2 Å². The maximum absolute atomic E-state index is 12.3. The Morgan fingerprint density at radius 2 is 1.93 bits per heavy atom. The number of hydrogen-bond acceptors (Lipinski definition) is 6. The molecular weight excluding hydrogens is 378 g/mol. The van der Waals surface area contributed by atoms with E-state index in [-0.39, 0.29) is 28.6 Å². The Hall–Kier alpha value is -4.02. The molecule has 144 valence electrons. The maximum Gasteiger partial charge on any atom is 0.387 e. The molecule has 9 nitrogen and oxygen atoms in total. The van der Waals surface area contributed by atoms with Crippen molar-refractivity contribution in [2.45, 2.75) is 6.61 Å². The minimum Gasteiger partial charge on any atom is -0.506 e. The number of aromatic hydroxyl groups is 1. The summed E-state index contributed by atoms with van der Waals surface area (Å²) in [6.45, 7) is -2.93. The lowest BCUT2D eigenvalue weighted by atomic mass is 10.1. The Balaban J connectivity index is 1.76. The fourth-order valence-electron chi connectivity index (χ4n) is 2.32. The number of nitrogens with zero attached hydrogens (tertiary/aromatic N) is 2. The van der Waals surface area contributed by atoms with Crippen LogP contribution in [0.4, 0.5) is 20.2 Å². The van der Waals surface area contributed by atoms with Gasteiger partial charge in [-0.05, 0) is 36.4 Å². The van der Waals surface area contributed by atoms with Gasteiger partial charge >= 0.3 is 6.61 Å². The van der Waals surface area contributed by atoms with E-state index in [1.165, 1.54) is 30.3 Å². The van der Waals surface area contributed by atoms with Gasteiger partial charge in [-0.15, -0.1) is 0 Å². The minimum absolute atomic E-state index is 0.0200. The van der Waals surface area contributed by atoms with Gasteiger partial charge in [-0.3, -0.25) is 20.0 Å². The van der Waals surface area contributed by atoms with E-state index in [1.807, 2.05) is 0 Å². The van der Waals surface area contributed by atoms with Crippen LogP contribution in [0.25, 0.3) is 11.3 Å². The first-order chi connectivity index (χ1) is 13.3. The first-order valence-corrected chi connectivity index (χ1v) is 7.73. The van der Waals surface area contributed by atoms with E-state index >= 15 is 0 Å². The lowest BCUT2D eigenvalue weighted by Crippen LogP contribution is -2.12. The Morgan fingerprint density at radius 3 is 2.57 bits per heavy atom. The summed E-state index contributed by atoms with van der Waals surface area (Å²) in [4.78, 5) is 22.4. The number of amides is 1. The molecule has 0 atom stereocenters. The summed E-state index contributed by atoms with van der Waals surface area (Å²) in [7, 11) is 0. The van der Waals surface area contributed by atoms with E-state index < -0.39 is 17.4 Å². The highest BCUT2D eigenvalue weighted by Crippen LogP contribution is 2.28. The van der Waals surface area contributed by atoms with Crippen molar-refractivity contribution in [1.29, 1.82) is 0 Å². The number of carbonyl (C=O) groups is 1. The van der Waals surface area contributed by atoms with Crippen LogP contribution >= 0.6 is 0 Å². The molecule has 1 aromatic heterocycles. The number of rotatable bonds is 6. The van der Waals surface area contributed by atoms with E-state index in [0.717, 1.165) is 18.2 Å². The van der Waals surface area contributed by atoms with Crippen LogP contribution in [0.15, 0.2) is 48.5 Å². The molecule has 1 heterocycles. The molecule has 3 N–H and O–H groups in total. The summed E-state index contributed by atoms with van der Waals surface area (Å²) in [5.74, 6) is -1.05. The second kappa shape index (κ2) is 7.70. The molecule has 0 aliphatic heterocycles. The van der Waals surface area contributed by atoms with Crippen LogP contribution in [0.3, 0.4) is 0 Å². The van der Waals surface area contributed by atoms with Gasteiger partial charge in [-0.1, -0.05) is 0 Å².